The van der Waals surface area contributed by atoms with Crippen LogP contribution in [0.1, 0.15) is 25.5 Å². The summed E-state index contributed by atoms with van der Waals surface area (Å²) in [5.41, 5.74) is 6.10. The maximum absolute atomic E-state index is 13.7. The third-order valence-electron chi connectivity index (χ3n) is 2.62. The fourth-order valence-electron chi connectivity index (χ4n) is 1.73. The number of halogens is 1. The summed E-state index contributed by atoms with van der Waals surface area (Å²) in [6, 6.07) is 6.33. The molecule has 3 N–H and O–H groups in total. The van der Waals surface area contributed by atoms with Crippen molar-refractivity contribution in [1.29, 1.82) is 0 Å². The highest BCUT2D eigenvalue weighted by molar-refractivity contribution is 5.36. The molecule has 1 unspecified atom stereocenters. The molecule has 1 aromatic heterocycles. The van der Waals surface area contributed by atoms with Crippen molar-refractivity contribution < 1.29 is 9.13 Å². The van der Waals surface area contributed by atoms with Gasteiger partial charge in [0.25, 0.3) is 0 Å². The van der Waals surface area contributed by atoms with Crippen LogP contribution in [0.15, 0.2) is 24.3 Å². The number of anilines is 2. The van der Waals surface area contributed by atoms with E-state index >= 15 is 0 Å². The first-order valence-corrected chi connectivity index (χ1v) is 6.25. The van der Waals surface area contributed by atoms with Gasteiger partial charge in [-0.3, -0.25) is 0 Å². The minimum atomic E-state index is -0.313. The Balaban J connectivity index is 2.19. The molecule has 1 heterocycles. The van der Waals surface area contributed by atoms with Crippen LogP contribution >= 0.6 is 0 Å². The van der Waals surface area contributed by atoms with Gasteiger partial charge in [-0.2, -0.15) is 15.0 Å². The van der Waals surface area contributed by atoms with Gasteiger partial charge in [0, 0.05) is 5.56 Å². The first kappa shape index (κ1) is 14.0. The van der Waals surface area contributed by atoms with Gasteiger partial charge in [0.05, 0.1) is 12.6 Å². The average Bonchev–Trinajstić information content (AvgIpc) is 2.38. The Morgan fingerprint density at radius 1 is 1.30 bits per heavy atom. The highest BCUT2D eigenvalue weighted by atomic mass is 19.1. The number of nitrogens with two attached hydrogens (primary N) is 1. The second-order valence-corrected chi connectivity index (χ2v) is 4.12. The molecule has 106 valence electrons. The monoisotopic (exact) mass is 277 g/mol. The Morgan fingerprint density at radius 2 is 2.05 bits per heavy atom. The van der Waals surface area contributed by atoms with Crippen LogP contribution in [0.3, 0.4) is 0 Å². The summed E-state index contributed by atoms with van der Waals surface area (Å²) in [5.74, 6) is 0.00273. The largest absolute Gasteiger partial charge is 0.464 e. The number of rotatable bonds is 5. The number of nitrogens with one attached hydrogen (secondary N) is 1. The lowest BCUT2D eigenvalue weighted by Crippen LogP contribution is -2.13. The first-order valence-electron chi connectivity index (χ1n) is 6.25. The highest BCUT2D eigenvalue weighted by Crippen LogP contribution is 2.20. The van der Waals surface area contributed by atoms with E-state index in [4.69, 9.17) is 10.5 Å². The van der Waals surface area contributed by atoms with Gasteiger partial charge in [-0.1, -0.05) is 18.2 Å². The number of ether oxygens (including phenoxy) is 1. The summed E-state index contributed by atoms with van der Waals surface area (Å²) in [6.07, 6.45) is 0. The van der Waals surface area contributed by atoms with Crippen LogP contribution in [0.2, 0.25) is 0 Å². The third kappa shape index (κ3) is 3.31. The van der Waals surface area contributed by atoms with E-state index < -0.39 is 0 Å². The number of aromatic nitrogens is 3. The Morgan fingerprint density at radius 3 is 2.75 bits per heavy atom. The molecule has 6 nitrogen and oxygen atoms in total. The molecule has 2 rings (SSSR count). The maximum atomic E-state index is 13.7. The van der Waals surface area contributed by atoms with Crippen LogP contribution in [0, 0.1) is 5.82 Å². The molecular formula is C13H16FN5O. The van der Waals surface area contributed by atoms with E-state index in [1.807, 2.05) is 6.92 Å². The summed E-state index contributed by atoms with van der Waals surface area (Å²) in [6.45, 7) is 4.04. The average molecular weight is 277 g/mol. The summed E-state index contributed by atoms with van der Waals surface area (Å²) in [5, 5.41) is 2.98. The number of nitrogens with zero attached hydrogens (tertiary/aromatic N) is 3. The van der Waals surface area contributed by atoms with Gasteiger partial charge < -0.3 is 15.8 Å². The van der Waals surface area contributed by atoms with Crippen LogP contribution in [-0.2, 0) is 0 Å². The molecule has 0 bridgehead atoms. The summed E-state index contributed by atoms with van der Waals surface area (Å²) in [7, 11) is 0. The maximum Gasteiger partial charge on any atom is 0.323 e. The van der Waals surface area contributed by atoms with Gasteiger partial charge in [-0.05, 0) is 19.9 Å². The van der Waals surface area contributed by atoms with Crippen molar-refractivity contribution in [2.75, 3.05) is 17.7 Å². The summed E-state index contributed by atoms with van der Waals surface area (Å²) in [4.78, 5) is 11.9. The molecule has 2 aromatic rings. The van der Waals surface area contributed by atoms with Crippen LogP contribution in [-0.4, -0.2) is 21.6 Å². The van der Waals surface area contributed by atoms with Crippen molar-refractivity contribution >= 4 is 11.9 Å². The second kappa shape index (κ2) is 6.14. The smallest absolute Gasteiger partial charge is 0.323 e. The fourth-order valence-corrected chi connectivity index (χ4v) is 1.73. The molecule has 7 heteroatoms. The number of nitrogen functional groups attached to an aromatic ring is 1. The molecule has 1 atom stereocenters. The molecule has 0 spiro atoms. The predicted octanol–water partition coefficient (Wildman–Crippen LogP) is 2.16. The van der Waals surface area contributed by atoms with Crippen molar-refractivity contribution in [3.05, 3.63) is 35.6 Å². The van der Waals surface area contributed by atoms with Crippen LogP contribution in [0.25, 0.3) is 0 Å². The summed E-state index contributed by atoms with van der Waals surface area (Å²) < 4.78 is 18.9. The standard InChI is InChI=1S/C13H16FN5O/c1-3-20-13-18-11(15)17-12(19-13)16-8(2)9-6-4-5-7-10(9)14/h4-8H,3H2,1-2H3,(H3,15,16,17,18,19). The minimum Gasteiger partial charge on any atom is -0.464 e. The molecule has 0 aliphatic carbocycles. The van der Waals surface area contributed by atoms with Gasteiger partial charge >= 0.3 is 6.01 Å². The molecule has 0 amide bonds. The predicted molar refractivity (Wildman–Crippen MR) is 73.8 cm³/mol. The van der Waals surface area contributed by atoms with E-state index in [9.17, 15) is 4.39 Å². The van der Waals surface area contributed by atoms with Crippen molar-refractivity contribution in [3.63, 3.8) is 0 Å². The van der Waals surface area contributed by atoms with E-state index in [0.29, 0.717) is 12.2 Å². The molecule has 0 radical (unpaired) electrons. The Bertz CT molecular complexity index is 593. The molecule has 0 saturated carbocycles. The van der Waals surface area contributed by atoms with Gasteiger partial charge in [0.2, 0.25) is 11.9 Å². The molecule has 0 aliphatic rings. The van der Waals surface area contributed by atoms with Crippen molar-refractivity contribution in [3.8, 4) is 6.01 Å². The van der Waals surface area contributed by atoms with Gasteiger partial charge in [-0.15, -0.1) is 0 Å². The number of hydrogen-bond acceptors (Lipinski definition) is 6. The lowest BCUT2D eigenvalue weighted by Gasteiger charge is -2.15. The van der Waals surface area contributed by atoms with Crippen LogP contribution in [0.4, 0.5) is 16.3 Å². The molecular weight excluding hydrogens is 261 g/mol. The molecule has 0 saturated heterocycles. The molecule has 1 aromatic carbocycles. The topological polar surface area (TPSA) is 86.0 Å². The van der Waals surface area contributed by atoms with Crippen LogP contribution < -0.4 is 15.8 Å². The summed E-state index contributed by atoms with van der Waals surface area (Å²) >= 11 is 0. The normalized spacial score (nSPS) is 11.9. The molecule has 0 fully saturated rings. The van der Waals surface area contributed by atoms with Crippen molar-refractivity contribution in [2.45, 2.75) is 19.9 Å². The zero-order chi connectivity index (χ0) is 14.5. The third-order valence-corrected chi connectivity index (χ3v) is 2.62. The van der Waals surface area contributed by atoms with Crippen LogP contribution in [0.5, 0.6) is 6.01 Å². The van der Waals surface area contributed by atoms with E-state index in [-0.39, 0.29) is 29.8 Å². The second-order valence-electron chi connectivity index (χ2n) is 4.12. The Hall–Kier alpha value is -2.44. The molecule has 20 heavy (non-hydrogen) atoms. The van der Waals surface area contributed by atoms with Gasteiger partial charge in [0.1, 0.15) is 5.82 Å². The van der Waals surface area contributed by atoms with Crippen molar-refractivity contribution in [1.82, 2.24) is 15.0 Å². The van der Waals surface area contributed by atoms with Crippen molar-refractivity contribution in [2.24, 2.45) is 0 Å². The van der Waals surface area contributed by atoms with E-state index in [0.717, 1.165) is 0 Å². The zero-order valence-corrected chi connectivity index (χ0v) is 11.3. The van der Waals surface area contributed by atoms with E-state index in [1.165, 1.54) is 6.07 Å². The van der Waals surface area contributed by atoms with E-state index in [1.54, 1.807) is 25.1 Å². The number of benzene rings is 1. The van der Waals surface area contributed by atoms with Gasteiger partial charge in [-0.25, -0.2) is 4.39 Å². The minimum absolute atomic E-state index is 0.0479. The lowest BCUT2D eigenvalue weighted by molar-refractivity contribution is 0.312. The fraction of sp³-hybridized carbons (Fsp3) is 0.308. The quantitative estimate of drug-likeness (QED) is 0.871. The zero-order valence-electron chi connectivity index (χ0n) is 11.3. The Kier molecular flexibility index (Phi) is 4.29. The van der Waals surface area contributed by atoms with E-state index in [2.05, 4.69) is 20.3 Å². The Labute approximate surface area is 116 Å². The lowest BCUT2D eigenvalue weighted by atomic mass is 10.1. The highest BCUT2D eigenvalue weighted by Gasteiger charge is 2.13. The number of hydrogen-bond donors (Lipinski definition) is 2. The first-order chi connectivity index (χ1) is 9.60. The SMILES string of the molecule is CCOc1nc(N)nc(NC(C)c2ccccc2F)n1. The van der Waals surface area contributed by atoms with Gasteiger partial charge in [0.15, 0.2) is 0 Å². The molecule has 0 aliphatic heterocycles.